The molecule has 0 saturated heterocycles. The van der Waals surface area contributed by atoms with Crippen LogP contribution in [0.25, 0.3) is 6.08 Å². The predicted octanol–water partition coefficient (Wildman–Crippen LogP) is 8.53. The van der Waals surface area contributed by atoms with E-state index in [4.69, 9.17) is 18.9 Å². The lowest BCUT2D eigenvalue weighted by Gasteiger charge is -2.18. The molecule has 1 aromatic carbocycles. The van der Waals surface area contributed by atoms with Gasteiger partial charge in [-0.25, -0.2) is 4.79 Å². The molecule has 0 atom stereocenters. The monoisotopic (exact) mass is 490 g/mol. The van der Waals surface area contributed by atoms with Crippen LogP contribution in [0.4, 0.5) is 0 Å². The van der Waals surface area contributed by atoms with Crippen LogP contribution in [0, 0.1) is 0 Å². The molecule has 0 amide bonds. The maximum Gasteiger partial charge on any atom is 0.330 e. The lowest BCUT2D eigenvalue weighted by molar-refractivity contribution is -0.137. The number of unbranched alkanes of at least 4 members (excludes halogenated alkanes) is 9. The average molecular weight is 491 g/mol. The van der Waals surface area contributed by atoms with Crippen LogP contribution in [0.15, 0.2) is 18.2 Å². The van der Waals surface area contributed by atoms with Gasteiger partial charge in [0.05, 0.1) is 32.0 Å². The average Bonchev–Trinajstić information content (AvgIpc) is 2.87. The van der Waals surface area contributed by atoms with E-state index in [9.17, 15) is 4.79 Å². The fraction of sp³-hybridized carbons (Fsp3) is 0.700. The third kappa shape index (κ3) is 14.1. The Labute approximate surface area is 214 Å². The third-order valence-corrected chi connectivity index (χ3v) is 5.71. The zero-order valence-corrected chi connectivity index (χ0v) is 22.9. The molecule has 0 radical (unpaired) electrons. The first kappa shape index (κ1) is 30.9. The van der Waals surface area contributed by atoms with Crippen molar-refractivity contribution in [1.82, 2.24) is 0 Å². The summed E-state index contributed by atoms with van der Waals surface area (Å²) >= 11 is 0. The van der Waals surface area contributed by atoms with Crippen molar-refractivity contribution in [2.75, 3.05) is 26.4 Å². The Morgan fingerprint density at radius 1 is 0.629 bits per heavy atom. The molecule has 200 valence electrons. The van der Waals surface area contributed by atoms with Crippen molar-refractivity contribution in [3.05, 3.63) is 23.8 Å². The number of ether oxygens (including phenoxy) is 4. The first-order valence-corrected chi connectivity index (χ1v) is 14.1. The first-order valence-electron chi connectivity index (χ1n) is 14.1. The number of rotatable bonds is 22. The minimum atomic E-state index is -0.361. The van der Waals surface area contributed by atoms with E-state index in [2.05, 4.69) is 20.8 Å². The smallest absolute Gasteiger partial charge is 0.330 e. The molecular formula is C30H50O5. The van der Waals surface area contributed by atoms with Gasteiger partial charge in [-0.2, -0.15) is 0 Å². The van der Waals surface area contributed by atoms with Gasteiger partial charge in [0, 0.05) is 6.08 Å². The summed E-state index contributed by atoms with van der Waals surface area (Å²) in [6.07, 6.45) is 17.6. The molecule has 0 aromatic heterocycles. The molecule has 35 heavy (non-hydrogen) atoms. The minimum Gasteiger partial charge on any atom is -0.493 e. The molecule has 5 nitrogen and oxygen atoms in total. The third-order valence-electron chi connectivity index (χ3n) is 5.71. The van der Waals surface area contributed by atoms with E-state index in [1.807, 2.05) is 19.1 Å². The number of hydrogen-bond donors (Lipinski definition) is 0. The van der Waals surface area contributed by atoms with E-state index in [0.29, 0.717) is 43.7 Å². The summed E-state index contributed by atoms with van der Waals surface area (Å²) in [6.45, 7) is 10.9. The highest BCUT2D eigenvalue weighted by atomic mass is 16.5. The van der Waals surface area contributed by atoms with Crippen molar-refractivity contribution in [3.8, 4) is 17.2 Å². The minimum absolute atomic E-state index is 0.361. The molecule has 0 heterocycles. The predicted molar refractivity (Wildman–Crippen MR) is 146 cm³/mol. The van der Waals surface area contributed by atoms with Gasteiger partial charge in [-0.3, -0.25) is 0 Å². The summed E-state index contributed by atoms with van der Waals surface area (Å²) in [6, 6.07) is 3.87. The number of carbonyl (C=O) groups is 1. The summed E-state index contributed by atoms with van der Waals surface area (Å²) in [5, 5.41) is 0. The summed E-state index contributed by atoms with van der Waals surface area (Å²) in [5.74, 6) is 1.71. The van der Waals surface area contributed by atoms with Crippen LogP contribution in [0.1, 0.15) is 117 Å². The van der Waals surface area contributed by atoms with Crippen LogP contribution >= 0.6 is 0 Å². The van der Waals surface area contributed by atoms with Gasteiger partial charge < -0.3 is 18.9 Å². The van der Waals surface area contributed by atoms with Gasteiger partial charge >= 0.3 is 5.97 Å². The highest BCUT2D eigenvalue weighted by Gasteiger charge is 2.16. The van der Waals surface area contributed by atoms with Crippen LogP contribution < -0.4 is 14.2 Å². The van der Waals surface area contributed by atoms with E-state index < -0.39 is 0 Å². The Bertz CT molecular complexity index is 698. The molecule has 0 bridgehead atoms. The van der Waals surface area contributed by atoms with E-state index in [1.54, 1.807) is 6.08 Å². The molecule has 0 aliphatic carbocycles. The molecule has 1 aromatic rings. The van der Waals surface area contributed by atoms with Crippen LogP contribution in [0.3, 0.4) is 0 Å². The molecule has 0 saturated carbocycles. The number of esters is 1. The Morgan fingerprint density at radius 2 is 1.14 bits per heavy atom. The normalized spacial score (nSPS) is 11.1. The van der Waals surface area contributed by atoms with Gasteiger partial charge in [-0.15, -0.1) is 0 Å². The van der Waals surface area contributed by atoms with Crippen LogP contribution in [0.2, 0.25) is 0 Å². The first-order chi connectivity index (χ1) is 17.2. The zero-order valence-electron chi connectivity index (χ0n) is 22.9. The molecule has 0 aliphatic rings. The Morgan fingerprint density at radius 3 is 1.69 bits per heavy atom. The van der Waals surface area contributed by atoms with Gasteiger partial charge in [-0.05, 0) is 43.9 Å². The lowest BCUT2D eigenvalue weighted by atomic mass is 10.1. The second kappa shape index (κ2) is 21.1. The van der Waals surface area contributed by atoms with Gasteiger partial charge in [0.25, 0.3) is 0 Å². The summed E-state index contributed by atoms with van der Waals surface area (Å²) in [7, 11) is 0. The maximum absolute atomic E-state index is 12.2. The molecule has 0 aliphatic heterocycles. The molecular weight excluding hydrogens is 440 g/mol. The zero-order chi connectivity index (χ0) is 25.6. The molecule has 5 heteroatoms. The molecule has 1 rings (SSSR count). The molecule has 0 unspecified atom stereocenters. The number of carbonyl (C=O) groups excluding carboxylic acids is 1. The standard InChI is InChI=1S/C30H50O5/c1-5-9-12-15-23-32-27-19-20-28(33-24-16-13-10-6-2)30(35-25-17-14-11-7-3)26(27)18-21-29(31)34-22-8-4/h18-21H,5-17,22-25H2,1-4H3. The van der Waals surface area contributed by atoms with Crippen LogP contribution in [-0.2, 0) is 9.53 Å². The van der Waals surface area contributed by atoms with Crippen molar-refractivity contribution < 1.29 is 23.7 Å². The Kier molecular flexibility index (Phi) is 18.6. The van der Waals surface area contributed by atoms with Crippen molar-refractivity contribution in [2.45, 2.75) is 111 Å². The lowest BCUT2D eigenvalue weighted by Crippen LogP contribution is -2.07. The van der Waals surface area contributed by atoms with E-state index >= 15 is 0 Å². The summed E-state index contributed by atoms with van der Waals surface area (Å²) < 4.78 is 23.8. The van der Waals surface area contributed by atoms with E-state index in [1.165, 1.54) is 44.6 Å². The van der Waals surface area contributed by atoms with Crippen LogP contribution in [0.5, 0.6) is 17.2 Å². The maximum atomic E-state index is 12.2. The second-order valence-electron chi connectivity index (χ2n) is 9.03. The molecule has 0 N–H and O–H groups in total. The molecule has 0 fully saturated rings. The Balaban J connectivity index is 3.12. The number of hydrogen-bond acceptors (Lipinski definition) is 5. The summed E-state index contributed by atoms with van der Waals surface area (Å²) in [5.41, 5.74) is 0.746. The van der Waals surface area contributed by atoms with Crippen molar-refractivity contribution in [3.63, 3.8) is 0 Å². The van der Waals surface area contributed by atoms with Crippen molar-refractivity contribution in [1.29, 1.82) is 0 Å². The van der Waals surface area contributed by atoms with Crippen molar-refractivity contribution >= 4 is 12.0 Å². The van der Waals surface area contributed by atoms with Gasteiger partial charge in [0.15, 0.2) is 11.5 Å². The second-order valence-corrected chi connectivity index (χ2v) is 9.03. The van der Waals surface area contributed by atoms with Crippen LogP contribution in [-0.4, -0.2) is 32.4 Å². The van der Waals surface area contributed by atoms with Gasteiger partial charge in [0.1, 0.15) is 5.75 Å². The fourth-order valence-electron chi connectivity index (χ4n) is 3.63. The molecule has 0 spiro atoms. The Hall–Kier alpha value is -2.17. The highest BCUT2D eigenvalue weighted by Crippen LogP contribution is 2.39. The largest absolute Gasteiger partial charge is 0.493 e. The fourth-order valence-corrected chi connectivity index (χ4v) is 3.63. The van der Waals surface area contributed by atoms with E-state index in [0.717, 1.165) is 50.5 Å². The number of benzene rings is 1. The quantitative estimate of drug-likeness (QED) is 0.0926. The highest BCUT2D eigenvalue weighted by molar-refractivity contribution is 5.88. The summed E-state index contributed by atoms with van der Waals surface area (Å²) in [4.78, 5) is 12.2. The van der Waals surface area contributed by atoms with Gasteiger partial charge in [0.2, 0.25) is 0 Å². The van der Waals surface area contributed by atoms with Gasteiger partial charge in [-0.1, -0.05) is 85.5 Å². The SMILES string of the molecule is CCCCCCOc1ccc(OCCCCCC)c(OCCCCCC)c1C=CC(=O)OCCC. The van der Waals surface area contributed by atoms with Crippen molar-refractivity contribution in [2.24, 2.45) is 0 Å². The van der Waals surface area contributed by atoms with E-state index in [-0.39, 0.29) is 5.97 Å². The topological polar surface area (TPSA) is 54.0 Å².